The van der Waals surface area contributed by atoms with E-state index in [2.05, 4.69) is 5.32 Å². The van der Waals surface area contributed by atoms with Gasteiger partial charge < -0.3 is 16.2 Å². The van der Waals surface area contributed by atoms with Gasteiger partial charge in [0, 0.05) is 12.0 Å². The lowest BCUT2D eigenvalue weighted by Crippen LogP contribution is -2.51. The number of hydrogen-bond acceptors (Lipinski definition) is 3. The summed E-state index contributed by atoms with van der Waals surface area (Å²) in [4.78, 5) is 22.6. The summed E-state index contributed by atoms with van der Waals surface area (Å²) in [5, 5.41) is 11.5. The monoisotopic (exact) mass is 230 g/mol. The van der Waals surface area contributed by atoms with Crippen molar-refractivity contribution in [3.8, 4) is 0 Å². The van der Waals surface area contributed by atoms with Crippen LogP contribution in [0.1, 0.15) is 41.0 Å². The van der Waals surface area contributed by atoms with Crippen LogP contribution in [0.3, 0.4) is 0 Å². The Hall–Kier alpha value is -1.10. The first-order valence-electron chi connectivity index (χ1n) is 5.24. The normalized spacial score (nSPS) is 14.4. The Balaban J connectivity index is 4.56. The molecule has 0 aromatic carbocycles. The second kappa shape index (κ2) is 4.82. The minimum absolute atomic E-state index is 0.104. The summed E-state index contributed by atoms with van der Waals surface area (Å²) in [5.74, 6) is -1.37. The maximum absolute atomic E-state index is 11.6. The highest BCUT2D eigenvalue weighted by Crippen LogP contribution is 2.19. The lowest BCUT2D eigenvalue weighted by Gasteiger charge is -2.29. The summed E-state index contributed by atoms with van der Waals surface area (Å²) >= 11 is 0. The molecule has 5 nitrogen and oxygen atoms in total. The molecule has 1 amide bonds. The average molecular weight is 230 g/mol. The van der Waals surface area contributed by atoms with Crippen LogP contribution in [0, 0.1) is 5.41 Å². The zero-order chi connectivity index (χ0) is 13.1. The molecule has 5 heteroatoms. The predicted molar refractivity (Wildman–Crippen MR) is 61.9 cm³/mol. The molecule has 0 aromatic heterocycles. The summed E-state index contributed by atoms with van der Waals surface area (Å²) in [6, 6.07) is -0.901. The first-order chi connectivity index (χ1) is 6.93. The third-order valence-electron chi connectivity index (χ3n) is 2.03. The van der Waals surface area contributed by atoms with Gasteiger partial charge in [-0.3, -0.25) is 4.79 Å². The van der Waals surface area contributed by atoms with E-state index in [1.54, 1.807) is 34.6 Å². The van der Waals surface area contributed by atoms with Crippen molar-refractivity contribution in [3.63, 3.8) is 0 Å². The molecule has 0 rings (SSSR count). The molecule has 0 aliphatic heterocycles. The van der Waals surface area contributed by atoms with Crippen LogP contribution in [0.2, 0.25) is 0 Å². The van der Waals surface area contributed by atoms with Gasteiger partial charge in [-0.2, -0.15) is 0 Å². The van der Waals surface area contributed by atoms with E-state index in [0.717, 1.165) is 0 Å². The zero-order valence-electron chi connectivity index (χ0n) is 10.6. The molecule has 0 heterocycles. The van der Waals surface area contributed by atoms with Crippen LogP contribution in [-0.4, -0.2) is 28.6 Å². The molecule has 0 fully saturated rings. The molecule has 0 unspecified atom stereocenters. The summed E-state index contributed by atoms with van der Waals surface area (Å²) in [7, 11) is 0. The van der Waals surface area contributed by atoms with Gasteiger partial charge in [0.25, 0.3) is 0 Å². The number of nitrogens with two attached hydrogens (primary N) is 1. The lowest BCUT2D eigenvalue weighted by atomic mass is 9.86. The molecule has 0 spiro atoms. The molecule has 0 aliphatic rings. The van der Waals surface area contributed by atoms with Crippen molar-refractivity contribution >= 4 is 11.9 Å². The molecule has 16 heavy (non-hydrogen) atoms. The molecule has 4 N–H and O–H groups in total. The van der Waals surface area contributed by atoms with Crippen molar-refractivity contribution in [1.29, 1.82) is 0 Å². The maximum atomic E-state index is 11.6. The summed E-state index contributed by atoms with van der Waals surface area (Å²) in [5.41, 5.74) is 4.53. The minimum atomic E-state index is -1.03. The van der Waals surface area contributed by atoms with Gasteiger partial charge in [0.2, 0.25) is 5.91 Å². The van der Waals surface area contributed by atoms with E-state index in [1.165, 1.54) is 0 Å². The Morgan fingerprint density at radius 3 is 1.94 bits per heavy atom. The molecular formula is C11H22N2O3. The molecule has 0 saturated heterocycles. The fourth-order valence-corrected chi connectivity index (χ4v) is 1.27. The van der Waals surface area contributed by atoms with Gasteiger partial charge in [-0.15, -0.1) is 0 Å². The number of rotatable bonds is 4. The summed E-state index contributed by atoms with van der Waals surface area (Å²) < 4.78 is 0. The SMILES string of the molecule is CC(C)(N)CC(=O)N[C@H](C(=O)O)C(C)(C)C. The summed E-state index contributed by atoms with van der Waals surface area (Å²) in [6.07, 6.45) is 0.104. The maximum Gasteiger partial charge on any atom is 0.326 e. The second-order valence-electron chi connectivity index (χ2n) is 5.87. The highest BCUT2D eigenvalue weighted by Gasteiger charge is 2.33. The van der Waals surface area contributed by atoms with Gasteiger partial charge >= 0.3 is 5.97 Å². The third-order valence-corrected chi connectivity index (χ3v) is 2.03. The fraction of sp³-hybridized carbons (Fsp3) is 0.818. The van der Waals surface area contributed by atoms with E-state index >= 15 is 0 Å². The number of nitrogens with one attached hydrogen (secondary N) is 1. The quantitative estimate of drug-likeness (QED) is 0.663. The molecule has 0 aliphatic carbocycles. The fourth-order valence-electron chi connectivity index (χ4n) is 1.27. The molecule has 0 radical (unpaired) electrons. The highest BCUT2D eigenvalue weighted by molar-refractivity contribution is 5.84. The largest absolute Gasteiger partial charge is 0.480 e. The van der Waals surface area contributed by atoms with Crippen LogP contribution in [-0.2, 0) is 9.59 Å². The molecule has 0 saturated carbocycles. The average Bonchev–Trinajstić information content (AvgIpc) is 1.93. The van der Waals surface area contributed by atoms with Crippen LogP contribution >= 0.6 is 0 Å². The number of aliphatic carboxylic acids is 1. The Morgan fingerprint density at radius 1 is 1.25 bits per heavy atom. The first-order valence-corrected chi connectivity index (χ1v) is 5.24. The third kappa shape index (κ3) is 5.70. The Bertz CT molecular complexity index is 274. The molecule has 0 aromatic rings. The zero-order valence-corrected chi connectivity index (χ0v) is 10.6. The van der Waals surface area contributed by atoms with E-state index in [4.69, 9.17) is 10.8 Å². The van der Waals surface area contributed by atoms with Gasteiger partial charge in [0.1, 0.15) is 6.04 Å². The van der Waals surface area contributed by atoms with Gasteiger partial charge in [0.05, 0.1) is 0 Å². The Morgan fingerprint density at radius 2 is 1.69 bits per heavy atom. The molecule has 0 bridgehead atoms. The second-order valence-corrected chi connectivity index (χ2v) is 5.87. The Kier molecular flexibility index (Phi) is 4.49. The van der Waals surface area contributed by atoms with E-state index in [-0.39, 0.29) is 12.3 Å². The predicted octanol–water partition coefficient (Wildman–Crippen LogP) is 0.729. The van der Waals surface area contributed by atoms with Crippen molar-refractivity contribution in [2.45, 2.75) is 52.6 Å². The number of hydrogen-bond donors (Lipinski definition) is 3. The van der Waals surface area contributed by atoms with Crippen LogP contribution in [0.4, 0.5) is 0 Å². The summed E-state index contributed by atoms with van der Waals surface area (Å²) in [6.45, 7) is 8.73. The van der Waals surface area contributed by atoms with Crippen LogP contribution in [0.25, 0.3) is 0 Å². The molecule has 1 atom stereocenters. The van der Waals surface area contributed by atoms with Gasteiger partial charge in [-0.05, 0) is 19.3 Å². The van der Waals surface area contributed by atoms with Crippen LogP contribution in [0.15, 0.2) is 0 Å². The van der Waals surface area contributed by atoms with Crippen LogP contribution < -0.4 is 11.1 Å². The first kappa shape index (κ1) is 14.9. The van der Waals surface area contributed by atoms with Gasteiger partial charge in [-0.25, -0.2) is 4.79 Å². The Labute approximate surface area is 96.4 Å². The minimum Gasteiger partial charge on any atom is -0.480 e. The number of carbonyl (C=O) groups excluding carboxylic acids is 1. The van der Waals surface area contributed by atoms with Crippen molar-refractivity contribution in [2.75, 3.05) is 0 Å². The topological polar surface area (TPSA) is 92.4 Å². The number of carboxylic acids is 1. The van der Waals surface area contributed by atoms with Crippen molar-refractivity contribution in [3.05, 3.63) is 0 Å². The van der Waals surface area contributed by atoms with Crippen molar-refractivity contribution in [1.82, 2.24) is 5.32 Å². The van der Waals surface area contributed by atoms with Gasteiger partial charge in [0.15, 0.2) is 0 Å². The molecular weight excluding hydrogens is 208 g/mol. The van der Waals surface area contributed by atoms with Gasteiger partial charge in [-0.1, -0.05) is 20.8 Å². The highest BCUT2D eigenvalue weighted by atomic mass is 16.4. The lowest BCUT2D eigenvalue weighted by molar-refractivity contribution is -0.145. The van der Waals surface area contributed by atoms with Crippen molar-refractivity contribution in [2.24, 2.45) is 11.1 Å². The number of carboxylic acid groups (broad SMARTS) is 1. The number of amides is 1. The van der Waals surface area contributed by atoms with Crippen LogP contribution in [0.5, 0.6) is 0 Å². The molecule has 94 valence electrons. The standard InChI is InChI=1S/C11H22N2O3/c1-10(2,3)8(9(15)16)13-7(14)6-11(4,5)12/h8H,6,12H2,1-5H3,(H,13,14)(H,15,16)/t8-/m1/s1. The van der Waals surface area contributed by atoms with E-state index < -0.39 is 23.0 Å². The smallest absolute Gasteiger partial charge is 0.326 e. The van der Waals surface area contributed by atoms with E-state index in [9.17, 15) is 9.59 Å². The van der Waals surface area contributed by atoms with E-state index in [0.29, 0.717) is 0 Å². The van der Waals surface area contributed by atoms with Crippen molar-refractivity contribution < 1.29 is 14.7 Å². The van der Waals surface area contributed by atoms with E-state index in [1.807, 2.05) is 0 Å². The number of carbonyl (C=O) groups is 2.